The number of benzene rings is 1. The molecular formula is C20H26N4O3. The molecule has 3 N–H and O–H groups in total. The molecule has 7 heteroatoms. The molecule has 3 rings (SSSR count). The summed E-state index contributed by atoms with van der Waals surface area (Å²) in [6, 6.07) is 13.0. The number of hydrogen-bond donors (Lipinski definition) is 3. The van der Waals surface area contributed by atoms with Gasteiger partial charge in [0.25, 0.3) is 0 Å². The fourth-order valence-corrected chi connectivity index (χ4v) is 3.20. The number of hydrogen-bond acceptors (Lipinski definition) is 5. The number of likely N-dealkylation sites (tertiary alicyclic amines) is 1. The van der Waals surface area contributed by atoms with E-state index in [1.54, 1.807) is 6.20 Å². The fraction of sp³-hybridized carbons (Fsp3) is 0.400. The zero-order chi connectivity index (χ0) is 19.1. The molecule has 0 aliphatic carbocycles. The number of carbonyl (C=O) groups is 1. The number of nitrogens with one attached hydrogen (secondary N) is 2. The van der Waals surface area contributed by atoms with E-state index in [9.17, 15) is 9.90 Å². The Balaban J connectivity index is 1.41. The molecule has 2 aromatic rings. The summed E-state index contributed by atoms with van der Waals surface area (Å²) in [6.07, 6.45) is 3.27. The van der Waals surface area contributed by atoms with Crippen molar-refractivity contribution in [1.29, 1.82) is 0 Å². The Morgan fingerprint density at radius 1 is 1.30 bits per heavy atom. The zero-order valence-electron chi connectivity index (χ0n) is 15.5. The van der Waals surface area contributed by atoms with E-state index in [0.29, 0.717) is 12.3 Å². The van der Waals surface area contributed by atoms with Crippen LogP contribution in [0.15, 0.2) is 48.7 Å². The monoisotopic (exact) mass is 370 g/mol. The number of urea groups is 1. The van der Waals surface area contributed by atoms with Crippen molar-refractivity contribution in [3.63, 3.8) is 0 Å². The zero-order valence-corrected chi connectivity index (χ0v) is 15.5. The predicted octanol–water partition coefficient (Wildman–Crippen LogP) is 1.89. The first-order valence-electron chi connectivity index (χ1n) is 9.15. The number of aromatic nitrogens is 1. The minimum atomic E-state index is -0.240. The summed E-state index contributed by atoms with van der Waals surface area (Å²) < 4.78 is 5.72. The van der Waals surface area contributed by atoms with Crippen LogP contribution in [0.3, 0.4) is 0 Å². The molecule has 144 valence electrons. The maximum atomic E-state index is 12.1. The molecule has 2 heterocycles. The highest BCUT2D eigenvalue weighted by Gasteiger charge is 2.29. The highest BCUT2D eigenvalue weighted by atomic mass is 16.5. The predicted molar refractivity (Wildman–Crippen MR) is 104 cm³/mol. The van der Waals surface area contributed by atoms with Crippen molar-refractivity contribution in [3.05, 3.63) is 54.4 Å². The van der Waals surface area contributed by atoms with Gasteiger partial charge in [-0.1, -0.05) is 6.07 Å². The number of pyridine rings is 1. The van der Waals surface area contributed by atoms with Gasteiger partial charge in [0, 0.05) is 42.6 Å². The third kappa shape index (κ3) is 5.67. The standard InChI is InChI=1S/C20H26N4O3/c1-24-13-17(12-18(24)14-25)23-20(26)22-16-5-7-19(8-6-16)27-11-9-15-4-2-3-10-21-15/h2-8,10,17-18,25H,9,11-14H2,1H3,(H2,22,23,26). The van der Waals surface area contributed by atoms with Crippen molar-refractivity contribution >= 4 is 11.7 Å². The highest BCUT2D eigenvalue weighted by Crippen LogP contribution is 2.17. The van der Waals surface area contributed by atoms with E-state index in [-0.39, 0.29) is 24.7 Å². The summed E-state index contributed by atoms with van der Waals surface area (Å²) in [4.78, 5) is 18.5. The van der Waals surface area contributed by atoms with Crippen molar-refractivity contribution in [2.75, 3.05) is 32.1 Å². The average molecular weight is 370 g/mol. The molecule has 1 fully saturated rings. The van der Waals surface area contributed by atoms with Crippen LogP contribution in [0.2, 0.25) is 0 Å². The second kappa shape index (κ2) is 9.34. The summed E-state index contributed by atoms with van der Waals surface area (Å²) in [5, 5.41) is 15.1. The van der Waals surface area contributed by atoms with Crippen LogP contribution < -0.4 is 15.4 Å². The number of anilines is 1. The van der Waals surface area contributed by atoms with Crippen LogP contribution in [0.4, 0.5) is 10.5 Å². The second-order valence-electron chi connectivity index (χ2n) is 6.75. The van der Waals surface area contributed by atoms with E-state index in [1.165, 1.54) is 0 Å². The summed E-state index contributed by atoms with van der Waals surface area (Å²) >= 11 is 0. The van der Waals surface area contributed by atoms with Gasteiger partial charge in [-0.25, -0.2) is 4.79 Å². The number of aliphatic hydroxyl groups is 1. The van der Waals surface area contributed by atoms with Crippen molar-refractivity contribution in [3.8, 4) is 5.75 Å². The molecule has 2 unspecified atom stereocenters. The van der Waals surface area contributed by atoms with Crippen LogP contribution in [-0.2, 0) is 6.42 Å². The molecule has 2 atom stereocenters. The first kappa shape index (κ1) is 19.1. The molecule has 27 heavy (non-hydrogen) atoms. The van der Waals surface area contributed by atoms with E-state index in [4.69, 9.17) is 4.74 Å². The molecule has 0 bridgehead atoms. The molecule has 7 nitrogen and oxygen atoms in total. The third-order valence-electron chi connectivity index (χ3n) is 4.70. The number of likely N-dealkylation sites (N-methyl/N-ethyl adjacent to an activating group) is 1. The second-order valence-corrected chi connectivity index (χ2v) is 6.75. The lowest BCUT2D eigenvalue weighted by atomic mass is 10.2. The summed E-state index contributed by atoms with van der Waals surface area (Å²) in [6.45, 7) is 1.39. The molecule has 0 saturated carbocycles. The van der Waals surface area contributed by atoms with Crippen LogP contribution in [0.1, 0.15) is 12.1 Å². The Kier molecular flexibility index (Phi) is 6.62. The molecule has 1 aromatic carbocycles. The molecular weight excluding hydrogens is 344 g/mol. The minimum absolute atomic E-state index is 0.0429. The fourth-order valence-electron chi connectivity index (χ4n) is 3.20. The Bertz CT molecular complexity index is 724. The van der Waals surface area contributed by atoms with Crippen LogP contribution in [0.25, 0.3) is 0 Å². The smallest absolute Gasteiger partial charge is 0.319 e. The number of ether oxygens (including phenoxy) is 1. The van der Waals surface area contributed by atoms with E-state index >= 15 is 0 Å². The number of rotatable bonds is 7. The van der Waals surface area contributed by atoms with Gasteiger partial charge in [-0.15, -0.1) is 0 Å². The van der Waals surface area contributed by atoms with Gasteiger partial charge >= 0.3 is 6.03 Å². The third-order valence-corrected chi connectivity index (χ3v) is 4.70. The number of amides is 2. The first-order chi connectivity index (χ1) is 13.1. The van der Waals surface area contributed by atoms with Crippen molar-refractivity contribution in [2.24, 2.45) is 0 Å². The highest BCUT2D eigenvalue weighted by molar-refractivity contribution is 5.89. The molecule has 1 saturated heterocycles. The molecule has 1 aromatic heterocycles. The van der Waals surface area contributed by atoms with Gasteiger partial charge in [-0.2, -0.15) is 0 Å². The lowest BCUT2D eigenvalue weighted by Gasteiger charge is -2.15. The van der Waals surface area contributed by atoms with Crippen LogP contribution in [-0.4, -0.2) is 59.9 Å². The van der Waals surface area contributed by atoms with Gasteiger partial charge < -0.3 is 20.5 Å². The SMILES string of the molecule is CN1CC(NC(=O)Nc2ccc(OCCc3ccccn3)cc2)CC1CO. The Labute approximate surface area is 159 Å². The number of aliphatic hydroxyl groups excluding tert-OH is 1. The average Bonchev–Trinajstić information content (AvgIpc) is 3.03. The van der Waals surface area contributed by atoms with Gasteiger partial charge in [-0.3, -0.25) is 9.88 Å². The lowest BCUT2D eigenvalue weighted by molar-refractivity contribution is 0.182. The van der Waals surface area contributed by atoms with E-state index < -0.39 is 0 Å². The van der Waals surface area contributed by atoms with Crippen LogP contribution >= 0.6 is 0 Å². The topological polar surface area (TPSA) is 86.7 Å². The van der Waals surface area contributed by atoms with E-state index in [1.807, 2.05) is 49.5 Å². The Hall–Kier alpha value is -2.64. The van der Waals surface area contributed by atoms with Crippen LogP contribution in [0.5, 0.6) is 5.75 Å². The largest absolute Gasteiger partial charge is 0.493 e. The minimum Gasteiger partial charge on any atom is -0.493 e. The van der Waals surface area contributed by atoms with Gasteiger partial charge in [0.2, 0.25) is 0 Å². The lowest BCUT2D eigenvalue weighted by Crippen LogP contribution is -2.39. The van der Waals surface area contributed by atoms with Gasteiger partial charge in [0.05, 0.1) is 13.2 Å². The molecule has 1 aliphatic rings. The number of carbonyl (C=O) groups excluding carboxylic acids is 1. The molecule has 0 radical (unpaired) electrons. The summed E-state index contributed by atoms with van der Waals surface area (Å²) in [7, 11) is 1.95. The van der Waals surface area contributed by atoms with Gasteiger partial charge in [0.1, 0.15) is 5.75 Å². The Morgan fingerprint density at radius 2 is 2.11 bits per heavy atom. The molecule has 0 spiro atoms. The number of nitrogens with zero attached hydrogens (tertiary/aromatic N) is 2. The van der Waals surface area contributed by atoms with Gasteiger partial charge in [-0.05, 0) is 49.9 Å². The quantitative estimate of drug-likeness (QED) is 0.693. The van der Waals surface area contributed by atoms with Crippen molar-refractivity contribution in [1.82, 2.24) is 15.2 Å². The Morgan fingerprint density at radius 3 is 2.78 bits per heavy atom. The summed E-state index contributed by atoms with van der Waals surface area (Å²) in [5.41, 5.74) is 1.70. The van der Waals surface area contributed by atoms with Crippen molar-refractivity contribution < 1.29 is 14.6 Å². The maximum absolute atomic E-state index is 12.1. The van der Waals surface area contributed by atoms with Crippen molar-refractivity contribution in [2.45, 2.75) is 24.9 Å². The molecule has 2 amide bonds. The van der Waals surface area contributed by atoms with Crippen LogP contribution in [0, 0.1) is 0 Å². The van der Waals surface area contributed by atoms with E-state index in [2.05, 4.69) is 20.5 Å². The summed E-state index contributed by atoms with van der Waals surface area (Å²) in [5.74, 6) is 0.750. The first-order valence-corrected chi connectivity index (χ1v) is 9.15. The molecule has 1 aliphatic heterocycles. The van der Waals surface area contributed by atoms with Gasteiger partial charge in [0.15, 0.2) is 0 Å². The maximum Gasteiger partial charge on any atom is 0.319 e. The van der Waals surface area contributed by atoms with E-state index in [0.717, 1.165) is 30.8 Å². The normalized spacial score (nSPS) is 19.6.